The number of hydrogen-bond acceptors (Lipinski definition) is 5. The highest BCUT2D eigenvalue weighted by atomic mass is 16.5. The highest BCUT2D eigenvalue weighted by molar-refractivity contribution is 6.06. The molecule has 162 valence electrons. The van der Waals surface area contributed by atoms with Crippen molar-refractivity contribution in [3.05, 3.63) is 77.2 Å². The molecule has 0 aliphatic heterocycles. The highest BCUT2D eigenvalue weighted by Gasteiger charge is 2.29. The third-order valence-corrected chi connectivity index (χ3v) is 5.80. The summed E-state index contributed by atoms with van der Waals surface area (Å²) >= 11 is 0. The molecule has 0 atom stereocenters. The topological polar surface area (TPSA) is 81.9 Å². The van der Waals surface area contributed by atoms with Crippen LogP contribution < -0.4 is 10.1 Å². The van der Waals surface area contributed by atoms with E-state index in [2.05, 4.69) is 15.4 Å². The van der Waals surface area contributed by atoms with Gasteiger partial charge in [-0.05, 0) is 62.1 Å². The van der Waals surface area contributed by atoms with E-state index in [4.69, 9.17) is 9.72 Å². The highest BCUT2D eigenvalue weighted by Crippen LogP contribution is 2.40. The van der Waals surface area contributed by atoms with Crippen molar-refractivity contribution in [2.75, 3.05) is 13.7 Å². The van der Waals surface area contributed by atoms with E-state index in [0.29, 0.717) is 29.5 Å². The number of methoxy groups -OCH3 is 1. The van der Waals surface area contributed by atoms with Crippen LogP contribution in [0.25, 0.3) is 16.9 Å². The van der Waals surface area contributed by atoms with Crippen molar-refractivity contribution in [2.24, 2.45) is 0 Å². The minimum Gasteiger partial charge on any atom is -0.497 e. The van der Waals surface area contributed by atoms with E-state index in [1.165, 1.54) is 0 Å². The fourth-order valence-electron chi connectivity index (χ4n) is 3.92. The van der Waals surface area contributed by atoms with Crippen molar-refractivity contribution < 1.29 is 9.53 Å². The molecule has 0 bridgehead atoms. The van der Waals surface area contributed by atoms with Gasteiger partial charge in [0.25, 0.3) is 5.91 Å². The molecule has 0 spiro atoms. The van der Waals surface area contributed by atoms with Crippen LogP contribution in [-0.2, 0) is 6.42 Å². The average Bonchev–Trinajstić information content (AvgIpc) is 3.63. The van der Waals surface area contributed by atoms with Crippen LogP contribution in [0.4, 0.5) is 0 Å². The molecule has 1 amide bonds. The van der Waals surface area contributed by atoms with Gasteiger partial charge in [-0.15, -0.1) is 0 Å². The second-order valence-electron chi connectivity index (χ2n) is 8.11. The normalized spacial score (nSPS) is 13.3. The number of benzene rings is 1. The molecule has 5 rings (SSSR count). The fraction of sp³-hybridized carbons (Fsp3) is 0.280. The zero-order valence-corrected chi connectivity index (χ0v) is 18.2. The first-order valence-corrected chi connectivity index (χ1v) is 10.9. The number of aryl methyl sites for hydroxylation is 1. The molecule has 7 heteroatoms. The van der Waals surface area contributed by atoms with Crippen LogP contribution in [0.1, 0.15) is 46.1 Å². The largest absolute Gasteiger partial charge is 0.497 e. The Morgan fingerprint density at radius 2 is 2.00 bits per heavy atom. The molecule has 0 radical (unpaired) electrons. The van der Waals surface area contributed by atoms with Gasteiger partial charge in [0.1, 0.15) is 5.75 Å². The number of carbonyl (C=O) groups is 1. The van der Waals surface area contributed by atoms with Gasteiger partial charge in [0, 0.05) is 24.4 Å². The number of amides is 1. The molecule has 4 aromatic rings. The molecule has 0 saturated heterocycles. The lowest BCUT2D eigenvalue weighted by Gasteiger charge is -2.10. The number of aromatic nitrogens is 4. The Morgan fingerprint density at radius 3 is 2.69 bits per heavy atom. The Balaban J connectivity index is 1.44. The second kappa shape index (κ2) is 8.42. The van der Waals surface area contributed by atoms with Crippen LogP contribution >= 0.6 is 0 Å². The lowest BCUT2D eigenvalue weighted by molar-refractivity contribution is 0.0955. The summed E-state index contributed by atoms with van der Waals surface area (Å²) < 4.78 is 6.94. The zero-order chi connectivity index (χ0) is 22.1. The van der Waals surface area contributed by atoms with Crippen molar-refractivity contribution in [1.29, 1.82) is 0 Å². The maximum absolute atomic E-state index is 13.2. The molecule has 3 aromatic heterocycles. The zero-order valence-electron chi connectivity index (χ0n) is 18.2. The average molecular weight is 428 g/mol. The summed E-state index contributed by atoms with van der Waals surface area (Å²) in [5, 5.41) is 8.53. The number of hydrogen-bond donors (Lipinski definition) is 1. The maximum atomic E-state index is 13.2. The lowest BCUT2D eigenvalue weighted by Crippen LogP contribution is -2.26. The molecule has 1 aromatic carbocycles. The number of ether oxygens (including phenoxy) is 1. The monoisotopic (exact) mass is 427 g/mol. The molecule has 0 unspecified atom stereocenters. The molecule has 1 saturated carbocycles. The molecular weight excluding hydrogens is 402 g/mol. The molecular formula is C25H25N5O2. The summed E-state index contributed by atoms with van der Waals surface area (Å²) in [5.74, 6) is 1.83. The Morgan fingerprint density at radius 1 is 1.19 bits per heavy atom. The molecule has 7 nitrogen and oxygen atoms in total. The van der Waals surface area contributed by atoms with Crippen LogP contribution in [-0.4, -0.2) is 39.3 Å². The molecule has 3 heterocycles. The van der Waals surface area contributed by atoms with Gasteiger partial charge in [0.05, 0.1) is 23.8 Å². The summed E-state index contributed by atoms with van der Waals surface area (Å²) in [7, 11) is 1.65. The lowest BCUT2D eigenvalue weighted by atomic mass is 10.1. The maximum Gasteiger partial charge on any atom is 0.252 e. The van der Waals surface area contributed by atoms with Crippen LogP contribution in [0.15, 0.2) is 54.7 Å². The number of carbonyl (C=O) groups excluding carboxylic acids is 1. The molecule has 32 heavy (non-hydrogen) atoms. The number of nitrogens with zero attached hydrogens (tertiary/aromatic N) is 4. The van der Waals surface area contributed by atoms with E-state index in [9.17, 15) is 4.79 Å². The Labute approximate surface area is 186 Å². The van der Waals surface area contributed by atoms with Gasteiger partial charge in [-0.1, -0.05) is 18.2 Å². The molecule has 1 N–H and O–H groups in total. The SMILES string of the molecule is COc1ccc(CCNC(=O)c2cc(C3CC3)nc3c2c(C)nn3-c2ccccn2)cc1. The van der Waals surface area contributed by atoms with Crippen molar-refractivity contribution in [1.82, 2.24) is 25.1 Å². The van der Waals surface area contributed by atoms with Gasteiger partial charge in [-0.2, -0.15) is 9.78 Å². The van der Waals surface area contributed by atoms with Gasteiger partial charge in [-0.25, -0.2) is 9.97 Å². The van der Waals surface area contributed by atoms with Gasteiger partial charge >= 0.3 is 0 Å². The van der Waals surface area contributed by atoms with Gasteiger partial charge in [-0.3, -0.25) is 4.79 Å². The van der Waals surface area contributed by atoms with Crippen LogP contribution in [0.3, 0.4) is 0 Å². The number of fused-ring (bicyclic) bond motifs is 1. The minimum atomic E-state index is -0.100. The van der Waals surface area contributed by atoms with E-state index >= 15 is 0 Å². The van der Waals surface area contributed by atoms with Crippen LogP contribution in [0, 0.1) is 6.92 Å². The van der Waals surface area contributed by atoms with Gasteiger partial charge < -0.3 is 10.1 Å². The quantitative estimate of drug-likeness (QED) is 0.482. The summed E-state index contributed by atoms with van der Waals surface area (Å²) in [4.78, 5) is 22.5. The summed E-state index contributed by atoms with van der Waals surface area (Å²) in [5.41, 5.74) is 4.18. The van der Waals surface area contributed by atoms with E-state index < -0.39 is 0 Å². The third kappa shape index (κ3) is 3.93. The van der Waals surface area contributed by atoms with E-state index in [1.807, 2.05) is 55.5 Å². The predicted octanol–water partition coefficient (Wildman–Crippen LogP) is 3.98. The first-order valence-electron chi connectivity index (χ1n) is 10.9. The third-order valence-electron chi connectivity index (χ3n) is 5.80. The summed E-state index contributed by atoms with van der Waals surface area (Å²) in [6.07, 6.45) is 4.68. The summed E-state index contributed by atoms with van der Waals surface area (Å²) in [6, 6.07) is 15.5. The van der Waals surface area contributed by atoms with Crippen molar-refractivity contribution in [2.45, 2.75) is 32.1 Å². The molecule has 1 aliphatic rings. The molecule has 1 fully saturated rings. The van der Waals surface area contributed by atoms with Crippen LogP contribution in [0.2, 0.25) is 0 Å². The number of rotatable bonds is 7. The summed E-state index contributed by atoms with van der Waals surface area (Å²) in [6.45, 7) is 2.45. The van der Waals surface area contributed by atoms with E-state index in [0.717, 1.165) is 47.3 Å². The first-order chi connectivity index (χ1) is 15.6. The van der Waals surface area contributed by atoms with Crippen molar-refractivity contribution >= 4 is 16.9 Å². The number of pyridine rings is 2. The van der Waals surface area contributed by atoms with Crippen molar-refractivity contribution in [3.63, 3.8) is 0 Å². The Hall–Kier alpha value is -3.74. The second-order valence-corrected chi connectivity index (χ2v) is 8.11. The van der Waals surface area contributed by atoms with Crippen LogP contribution in [0.5, 0.6) is 5.75 Å². The molecule has 1 aliphatic carbocycles. The smallest absolute Gasteiger partial charge is 0.252 e. The van der Waals surface area contributed by atoms with E-state index in [-0.39, 0.29) is 5.91 Å². The predicted molar refractivity (Wildman–Crippen MR) is 122 cm³/mol. The van der Waals surface area contributed by atoms with Gasteiger partial charge in [0.15, 0.2) is 11.5 Å². The fourth-order valence-corrected chi connectivity index (χ4v) is 3.92. The standard InChI is InChI=1S/C25H25N5O2/c1-16-23-20(25(31)27-14-12-17-6-10-19(32-2)11-7-17)15-21(18-8-9-18)28-24(23)30(29-16)22-5-3-4-13-26-22/h3-7,10-11,13,15,18H,8-9,12,14H2,1-2H3,(H,27,31). The van der Waals surface area contributed by atoms with Crippen molar-refractivity contribution in [3.8, 4) is 11.6 Å². The van der Waals surface area contributed by atoms with E-state index in [1.54, 1.807) is 18.0 Å². The first kappa shape index (κ1) is 20.2. The number of nitrogens with one attached hydrogen (secondary N) is 1. The minimum absolute atomic E-state index is 0.100. The Kier molecular flexibility index (Phi) is 5.31. The van der Waals surface area contributed by atoms with Gasteiger partial charge in [0.2, 0.25) is 0 Å². The Bertz CT molecular complexity index is 1260.